The second-order valence-corrected chi connectivity index (χ2v) is 4.99. The highest BCUT2D eigenvalue weighted by Crippen LogP contribution is 2.21. The summed E-state index contributed by atoms with van der Waals surface area (Å²) in [7, 11) is 0. The molecule has 1 fully saturated rings. The van der Waals surface area contributed by atoms with Crippen molar-refractivity contribution in [2.75, 3.05) is 11.4 Å². The van der Waals surface area contributed by atoms with E-state index in [4.69, 9.17) is 9.15 Å². The van der Waals surface area contributed by atoms with Crippen molar-refractivity contribution in [1.29, 1.82) is 0 Å². The molecule has 0 aliphatic carbocycles. The van der Waals surface area contributed by atoms with Crippen LogP contribution in [-0.4, -0.2) is 28.6 Å². The lowest BCUT2D eigenvalue weighted by Gasteiger charge is -2.15. The molecule has 22 heavy (non-hydrogen) atoms. The third-order valence-corrected chi connectivity index (χ3v) is 3.38. The van der Waals surface area contributed by atoms with Crippen LogP contribution in [0.25, 0.3) is 0 Å². The summed E-state index contributed by atoms with van der Waals surface area (Å²) in [6.07, 6.45) is 1.44. The molecule has 1 aliphatic rings. The van der Waals surface area contributed by atoms with Crippen molar-refractivity contribution in [3.8, 4) is 0 Å². The summed E-state index contributed by atoms with van der Waals surface area (Å²) in [6, 6.07) is 6.78. The van der Waals surface area contributed by atoms with Gasteiger partial charge in [-0.25, -0.2) is 4.79 Å². The average molecular weight is 301 g/mol. The molecule has 0 unspecified atom stereocenters. The maximum atomic E-state index is 11.9. The van der Waals surface area contributed by atoms with Gasteiger partial charge in [-0.2, -0.15) is 0 Å². The molecule has 114 valence electrons. The maximum Gasteiger partial charge on any atom is 0.338 e. The number of nitrogens with zero attached hydrogens (tertiary/aromatic N) is 3. The molecule has 1 aromatic carbocycles. The molecular weight excluding hydrogens is 286 g/mol. The molecule has 1 aromatic heterocycles. The van der Waals surface area contributed by atoms with Crippen LogP contribution in [-0.2, 0) is 16.1 Å². The number of carbonyl (C=O) groups excluding carboxylic acids is 2. The van der Waals surface area contributed by atoms with E-state index < -0.39 is 5.97 Å². The van der Waals surface area contributed by atoms with Crippen molar-refractivity contribution in [2.24, 2.45) is 0 Å². The lowest BCUT2D eigenvalue weighted by Crippen LogP contribution is -2.23. The van der Waals surface area contributed by atoms with Gasteiger partial charge in [-0.05, 0) is 30.7 Å². The highest BCUT2D eigenvalue weighted by molar-refractivity contribution is 5.96. The first-order chi connectivity index (χ1) is 10.6. The molecular formula is C15H15N3O4. The van der Waals surface area contributed by atoms with Gasteiger partial charge in [-0.15, -0.1) is 10.2 Å². The molecule has 7 nitrogen and oxygen atoms in total. The van der Waals surface area contributed by atoms with Crippen LogP contribution in [0.5, 0.6) is 0 Å². The van der Waals surface area contributed by atoms with Gasteiger partial charge in [-0.1, -0.05) is 0 Å². The highest BCUT2D eigenvalue weighted by atomic mass is 16.5. The molecule has 0 atom stereocenters. The molecule has 0 radical (unpaired) electrons. The molecule has 0 spiro atoms. The van der Waals surface area contributed by atoms with Crippen molar-refractivity contribution in [2.45, 2.75) is 26.4 Å². The first-order valence-electron chi connectivity index (χ1n) is 7.00. The molecule has 1 amide bonds. The summed E-state index contributed by atoms with van der Waals surface area (Å²) in [5, 5.41) is 7.40. The second-order valence-electron chi connectivity index (χ2n) is 4.99. The molecule has 2 aromatic rings. The van der Waals surface area contributed by atoms with Crippen molar-refractivity contribution >= 4 is 17.6 Å². The Morgan fingerprint density at radius 1 is 1.32 bits per heavy atom. The van der Waals surface area contributed by atoms with Crippen molar-refractivity contribution in [3.63, 3.8) is 0 Å². The van der Waals surface area contributed by atoms with Gasteiger partial charge in [0, 0.05) is 25.6 Å². The fraction of sp³-hybridized carbons (Fsp3) is 0.333. The van der Waals surface area contributed by atoms with E-state index in [1.807, 2.05) is 0 Å². The van der Waals surface area contributed by atoms with Crippen LogP contribution in [0.1, 0.15) is 35.0 Å². The smallest absolute Gasteiger partial charge is 0.338 e. The monoisotopic (exact) mass is 301 g/mol. The average Bonchev–Trinajstić information content (AvgIpc) is 3.13. The fourth-order valence-corrected chi connectivity index (χ4v) is 2.31. The zero-order chi connectivity index (χ0) is 15.5. The number of amides is 1. The predicted octanol–water partition coefficient (Wildman–Crippen LogP) is 1.86. The topological polar surface area (TPSA) is 85.5 Å². The van der Waals surface area contributed by atoms with E-state index in [2.05, 4.69) is 10.2 Å². The van der Waals surface area contributed by atoms with Crippen LogP contribution in [0, 0.1) is 6.92 Å². The van der Waals surface area contributed by atoms with E-state index >= 15 is 0 Å². The molecule has 0 N–H and O–H groups in total. The van der Waals surface area contributed by atoms with Crippen LogP contribution >= 0.6 is 0 Å². The molecule has 0 bridgehead atoms. The number of benzene rings is 1. The summed E-state index contributed by atoms with van der Waals surface area (Å²) >= 11 is 0. The number of aryl methyl sites for hydroxylation is 1. The number of rotatable bonds is 4. The third-order valence-electron chi connectivity index (χ3n) is 3.38. The Morgan fingerprint density at radius 3 is 2.68 bits per heavy atom. The Bertz CT molecular complexity index is 693. The Hall–Kier alpha value is -2.70. The van der Waals surface area contributed by atoms with Gasteiger partial charge in [0.15, 0.2) is 6.61 Å². The van der Waals surface area contributed by atoms with Crippen LogP contribution in [0.15, 0.2) is 28.7 Å². The van der Waals surface area contributed by atoms with Crippen molar-refractivity contribution < 1.29 is 18.7 Å². The Labute approximate surface area is 126 Å². The fourth-order valence-electron chi connectivity index (χ4n) is 2.31. The number of anilines is 1. The van der Waals surface area contributed by atoms with Crippen LogP contribution < -0.4 is 4.90 Å². The Balaban J connectivity index is 1.62. The highest BCUT2D eigenvalue weighted by Gasteiger charge is 2.21. The number of carbonyl (C=O) groups is 2. The van der Waals surface area contributed by atoms with Gasteiger partial charge in [-0.3, -0.25) is 4.79 Å². The van der Waals surface area contributed by atoms with Gasteiger partial charge in [0.25, 0.3) is 5.89 Å². The first-order valence-corrected chi connectivity index (χ1v) is 7.00. The van der Waals surface area contributed by atoms with Crippen LogP contribution in [0.3, 0.4) is 0 Å². The minimum atomic E-state index is -0.477. The summed E-state index contributed by atoms with van der Waals surface area (Å²) in [5.41, 5.74) is 1.21. The summed E-state index contributed by atoms with van der Waals surface area (Å²) in [4.78, 5) is 25.3. The second kappa shape index (κ2) is 5.97. The van der Waals surface area contributed by atoms with E-state index in [9.17, 15) is 9.59 Å². The van der Waals surface area contributed by atoms with Gasteiger partial charge < -0.3 is 14.1 Å². The SMILES string of the molecule is Cc1nnc(COC(=O)c2ccc(N3CCCC3=O)cc2)o1. The molecule has 0 saturated carbocycles. The number of hydrogen-bond donors (Lipinski definition) is 0. The lowest BCUT2D eigenvalue weighted by molar-refractivity contribution is -0.117. The first kappa shape index (κ1) is 14.2. The molecule has 1 aliphatic heterocycles. The largest absolute Gasteiger partial charge is 0.452 e. The van der Waals surface area contributed by atoms with Gasteiger partial charge in [0.05, 0.1) is 5.56 Å². The minimum absolute atomic E-state index is 0.0635. The van der Waals surface area contributed by atoms with Crippen molar-refractivity contribution in [1.82, 2.24) is 10.2 Å². The van der Waals surface area contributed by atoms with E-state index in [1.54, 1.807) is 36.1 Å². The molecule has 3 rings (SSSR count). The quantitative estimate of drug-likeness (QED) is 0.801. The Morgan fingerprint density at radius 2 is 2.09 bits per heavy atom. The number of aromatic nitrogens is 2. The third kappa shape index (κ3) is 2.98. The predicted molar refractivity (Wildman–Crippen MR) is 76.2 cm³/mol. The molecule has 7 heteroatoms. The van der Waals surface area contributed by atoms with Crippen molar-refractivity contribution in [3.05, 3.63) is 41.6 Å². The summed E-state index contributed by atoms with van der Waals surface area (Å²) < 4.78 is 10.2. The van der Waals surface area contributed by atoms with Gasteiger partial charge >= 0.3 is 5.97 Å². The van der Waals surface area contributed by atoms with E-state index in [0.717, 1.165) is 18.7 Å². The number of esters is 1. The van der Waals surface area contributed by atoms with Crippen LogP contribution in [0.4, 0.5) is 5.69 Å². The summed E-state index contributed by atoms with van der Waals surface area (Å²) in [5.74, 6) is 0.313. The zero-order valence-electron chi connectivity index (χ0n) is 12.1. The maximum absolute atomic E-state index is 11.9. The van der Waals surface area contributed by atoms with E-state index in [1.165, 1.54) is 0 Å². The van der Waals surface area contributed by atoms with E-state index in [-0.39, 0.29) is 18.4 Å². The molecule has 2 heterocycles. The molecule has 1 saturated heterocycles. The normalized spacial score (nSPS) is 14.4. The van der Waals surface area contributed by atoms with Gasteiger partial charge in [0.2, 0.25) is 11.8 Å². The summed E-state index contributed by atoms with van der Waals surface area (Å²) in [6.45, 7) is 2.32. The lowest BCUT2D eigenvalue weighted by atomic mass is 10.2. The number of ether oxygens (including phenoxy) is 1. The van der Waals surface area contributed by atoms with Gasteiger partial charge in [0.1, 0.15) is 0 Å². The van der Waals surface area contributed by atoms with E-state index in [0.29, 0.717) is 17.9 Å². The number of hydrogen-bond acceptors (Lipinski definition) is 6. The minimum Gasteiger partial charge on any atom is -0.452 e. The standard InChI is InChI=1S/C15H15N3O4/c1-10-16-17-13(22-10)9-21-15(20)11-4-6-12(7-5-11)18-8-2-3-14(18)19/h4-7H,2-3,8-9H2,1H3. The van der Waals surface area contributed by atoms with Crippen LogP contribution in [0.2, 0.25) is 0 Å². The zero-order valence-corrected chi connectivity index (χ0v) is 12.1. The Kier molecular flexibility index (Phi) is 3.86.